The van der Waals surface area contributed by atoms with Gasteiger partial charge in [0.15, 0.2) is 11.5 Å². The second kappa shape index (κ2) is 7.86. The molecule has 0 saturated heterocycles. The fraction of sp³-hybridized carbons (Fsp3) is 0.136. The van der Waals surface area contributed by atoms with Gasteiger partial charge in [-0.1, -0.05) is 6.07 Å². The zero-order valence-corrected chi connectivity index (χ0v) is 16.4. The lowest BCUT2D eigenvalue weighted by Gasteiger charge is -2.08. The van der Waals surface area contributed by atoms with Crippen LogP contribution in [-0.4, -0.2) is 31.4 Å². The first kappa shape index (κ1) is 18.7. The summed E-state index contributed by atoms with van der Waals surface area (Å²) in [6.45, 7) is 0. The molecule has 2 N–H and O–H groups in total. The van der Waals surface area contributed by atoms with E-state index in [4.69, 9.17) is 4.74 Å². The normalized spacial score (nSPS) is 13.0. The van der Waals surface area contributed by atoms with E-state index >= 15 is 0 Å². The highest BCUT2D eigenvalue weighted by atomic mass is 16.5. The highest BCUT2D eigenvalue weighted by Crippen LogP contribution is 2.30. The number of imidazole rings is 1. The van der Waals surface area contributed by atoms with Crippen LogP contribution in [-0.2, 0) is 4.79 Å². The molecule has 9 nitrogen and oxygen atoms in total. The zero-order chi connectivity index (χ0) is 21.2. The van der Waals surface area contributed by atoms with Gasteiger partial charge in [-0.25, -0.2) is 9.50 Å². The third-order valence-corrected chi connectivity index (χ3v) is 4.73. The largest absolute Gasteiger partial charge is 0.438 e. The number of amides is 2. The number of aromatic nitrogens is 4. The molecule has 154 valence electrons. The number of ether oxygens (including phenoxy) is 1. The third kappa shape index (κ3) is 4.35. The van der Waals surface area contributed by atoms with Crippen molar-refractivity contribution in [1.29, 1.82) is 0 Å². The molecule has 0 bridgehead atoms. The lowest BCUT2D eigenvalue weighted by Crippen LogP contribution is -2.13. The van der Waals surface area contributed by atoms with Crippen molar-refractivity contribution < 1.29 is 14.3 Å². The average Bonchev–Trinajstić information content (AvgIpc) is 3.55. The molecular weight excluding hydrogens is 396 g/mol. The van der Waals surface area contributed by atoms with Crippen LogP contribution in [0.4, 0.5) is 11.5 Å². The van der Waals surface area contributed by atoms with Gasteiger partial charge < -0.3 is 15.4 Å². The molecule has 0 atom stereocenters. The molecule has 0 spiro atoms. The van der Waals surface area contributed by atoms with E-state index in [1.54, 1.807) is 65.4 Å². The zero-order valence-electron chi connectivity index (χ0n) is 16.4. The molecule has 1 aliphatic rings. The number of benzene rings is 1. The fourth-order valence-corrected chi connectivity index (χ4v) is 3.01. The van der Waals surface area contributed by atoms with Crippen LogP contribution in [0, 0.1) is 5.92 Å². The fourth-order valence-electron chi connectivity index (χ4n) is 3.01. The van der Waals surface area contributed by atoms with Crippen LogP contribution in [0.25, 0.3) is 5.65 Å². The van der Waals surface area contributed by atoms with Crippen LogP contribution in [0.1, 0.15) is 23.2 Å². The summed E-state index contributed by atoms with van der Waals surface area (Å²) in [5, 5.41) is 10.0. The summed E-state index contributed by atoms with van der Waals surface area (Å²) >= 11 is 0. The van der Waals surface area contributed by atoms with Crippen molar-refractivity contribution in [1.82, 2.24) is 19.6 Å². The highest BCUT2D eigenvalue weighted by molar-refractivity contribution is 6.04. The Balaban J connectivity index is 1.29. The first-order chi connectivity index (χ1) is 15.1. The van der Waals surface area contributed by atoms with Gasteiger partial charge in [0.05, 0.1) is 11.8 Å². The molecule has 31 heavy (non-hydrogen) atoms. The second-order valence-corrected chi connectivity index (χ2v) is 7.19. The molecule has 5 rings (SSSR count). The molecule has 1 aromatic carbocycles. The Labute approximate surface area is 177 Å². The van der Waals surface area contributed by atoms with Gasteiger partial charge in [0.25, 0.3) is 5.91 Å². The molecule has 1 fully saturated rings. The predicted molar refractivity (Wildman–Crippen MR) is 113 cm³/mol. The van der Waals surface area contributed by atoms with Gasteiger partial charge in [-0.05, 0) is 43.2 Å². The minimum atomic E-state index is -0.260. The molecule has 0 radical (unpaired) electrons. The minimum Gasteiger partial charge on any atom is -0.438 e. The van der Waals surface area contributed by atoms with E-state index in [2.05, 4.69) is 25.7 Å². The number of pyridine rings is 1. The van der Waals surface area contributed by atoms with Gasteiger partial charge in [0, 0.05) is 36.1 Å². The van der Waals surface area contributed by atoms with Crippen molar-refractivity contribution in [3.63, 3.8) is 0 Å². The summed E-state index contributed by atoms with van der Waals surface area (Å²) in [6.07, 6.45) is 6.61. The summed E-state index contributed by atoms with van der Waals surface area (Å²) in [5.41, 5.74) is 1.64. The van der Waals surface area contributed by atoms with Crippen molar-refractivity contribution >= 4 is 29.0 Å². The van der Waals surface area contributed by atoms with Gasteiger partial charge >= 0.3 is 0 Å². The molecule has 2 amide bonds. The lowest BCUT2D eigenvalue weighted by atomic mass is 10.2. The average molecular weight is 414 g/mol. The van der Waals surface area contributed by atoms with Crippen LogP contribution >= 0.6 is 0 Å². The van der Waals surface area contributed by atoms with Crippen LogP contribution < -0.4 is 15.4 Å². The van der Waals surface area contributed by atoms with Crippen molar-refractivity contribution in [2.45, 2.75) is 12.8 Å². The summed E-state index contributed by atoms with van der Waals surface area (Å²) in [7, 11) is 0. The number of anilines is 2. The maximum absolute atomic E-state index is 12.3. The minimum absolute atomic E-state index is 0.00924. The monoisotopic (exact) mass is 414 g/mol. The topological polar surface area (TPSA) is 111 Å². The highest BCUT2D eigenvalue weighted by Gasteiger charge is 2.30. The van der Waals surface area contributed by atoms with Crippen molar-refractivity contribution in [3.8, 4) is 11.6 Å². The Hall–Kier alpha value is -4.27. The molecule has 1 saturated carbocycles. The van der Waals surface area contributed by atoms with Gasteiger partial charge in [0.2, 0.25) is 11.8 Å². The SMILES string of the molecule is O=C(Nc1cccc(Oc2ccc3nc(NC(=O)C4CC4)cn3n2)c1)c1cccnc1. The number of carbonyl (C=O) groups is 2. The number of fused-ring (bicyclic) bond motifs is 1. The lowest BCUT2D eigenvalue weighted by molar-refractivity contribution is -0.117. The summed E-state index contributed by atoms with van der Waals surface area (Å²) in [5.74, 6) is 1.15. The van der Waals surface area contributed by atoms with E-state index in [9.17, 15) is 9.59 Å². The Morgan fingerprint density at radius 1 is 1.06 bits per heavy atom. The Morgan fingerprint density at radius 2 is 1.97 bits per heavy atom. The van der Waals surface area contributed by atoms with Gasteiger partial charge in [-0.2, -0.15) is 0 Å². The van der Waals surface area contributed by atoms with Crippen LogP contribution in [0.5, 0.6) is 11.6 Å². The Morgan fingerprint density at radius 3 is 2.77 bits per heavy atom. The smallest absolute Gasteiger partial charge is 0.257 e. The van der Waals surface area contributed by atoms with Crippen molar-refractivity contribution in [2.75, 3.05) is 10.6 Å². The first-order valence-electron chi connectivity index (χ1n) is 9.81. The number of nitrogens with one attached hydrogen (secondary N) is 2. The molecule has 9 heteroatoms. The second-order valence-electron chi connectivity index (χ2n) is 7.19. The Kier molecular flexibility index (Phi) is 4.75. The maximum atomic E-state index is 12.3. The number of nitrogens with zero attached hydrogens (tertiary/aromatic N) is 4. The molecule has 0 unspecified atom stereocenters. The van der Waals surface area contributed by atoms with Gasteiger partial charge in [-0.3, -0.25) is 14.6 Å². The quantitative estimate of drug-likeness (QED) is 0.499. The maximum Gasteiger partial charge on any atom is 0.257 e. The van der Waals surface area contributed by atoms with Gasteiger partial charge in [-0.15, -0.1) is 5.10 Å². The summed E-state index contributed by atoms with van der Waals surface area (Å²) < 4.78 is 7.39. The summed E-state index contributed by atoms with van der Waals surface area (Å²) in [4.78, 5) is 32.5. The molecule has 4 aromatic rings. The molecular formula is C22H18N6O3. The van der Waals surface area contributed by atoms with Crippen LogP contribution in [0.3, 0.4) is 0 Å². The Bertz CT molecular complexity index is 1270. The van der Waals surface area contributed by atoms with Crippen molar-refractivity contribution in [2.24, 2.45) is 5.92 Å². The van der Waals surface area contributed by atoms with E-state index in [1.807, 2.05) is 0 Å². The van der Waals surface area contributed by atoms with Gasteiger partial charge in [0.1, 0.15) is 5.75 Å². The molecule has 0 aliphatic heterocycles. The van der Waals surface area contributed by atoms with E-state index < -0.39 is 0 Å². The molecule has 1 aliphatic carbocycles. The number of hydrogen-bond acceptors (Lipinski definition) is 6. The number of hydrogen-bond donors (Lipinski definition) is 2. The number of rotatable bonds is 6. The number of carbonyl (C=O) groups excluding carboxylic acids is 2. The van der Waals surface area contributed by atoms with E-state index in [-0.39, 0.29) is 17.7 Å². The van der Waals surface area contributed by atoms with E-state index in [0.717, 1.165) is 12.8 Å². The predicted octanol–water partition coefficient (Wildman–Crippen LogP) is 3.52. The van der Waals surface area contributed by atoms with E-state index in [0.29, 0.717) is 34.3 Å². The summed E-state index contributed by atoms with van der Waals surface area (Å²) in [6, 6.07) is 13.8. The van der Waals surface area contributed by atoms with Crippen molar-refractivity contribution in [3.05, 3.63) is 72.7 Å². The molecule has 3 aromatic heterocycles. The first-order valence-corrected chi connectivity index (χ1v) is 9.81. The van der Waals surface area contributed by atoms with Crippen LogP contribution in [0.2, 0.25) is 0 Å². The third-order valence-electron chi connectivity index (χ3n) is 4.73. The van der Waals surface area contributed by atoms with E-state index in [1.165, 1.54) is 6.20 Å². The van der Waals surface area contributed by atoms with Crippen LogP contribution in [0.15, 0.2) is 67.1 Å². The standard InChI is InChI=1S/C22H18N6O3/c29-21(14-6-7-14)26-18-13-28-19(25-18)8-9-20(27-28)31-17-5-1-4-16(11-17)24-22(30)15-3-2-10-23-12-15/h1-5,8-14H,6-7H2,(H,24,30)(H,26,29). The molecule has 3 heterocycles.